The minimum absolute atomic E-state index is 0.180. The van der Waals surface area contributed by atoms with Crippen molar-refractivity contribution in [2.75, 3.05) is 32.8 Å². The van der Waals surface area contributed by atoms with E-state index in [1.165, 1.54) is 33.3 Å². The first-order chi connectivity index (χ1) is 15.8. The number of ether oxygens (including phenoxy) is 4. The molecule has 1 atom stereocenters. The number of halogens is 2. The van der Waals surface area contributed by atoms with Crippen molar-refractivity contribution in [1.29, 1.82) is 0 Å². The number of methoxy groups -OCH3 is 2. The Labute approximate surface area is 202 Å². The molecule has 0 spiro atoms. The molecule has 0 heterocycles. The van der Waals surface area contributed by atoms with Crippen LogP contribution in [0.1, 0.15) is 20.8 Å². The molecule has 0 aromatic heterocycles. The standard InChI is InChI=1S/C22H25Cl2N3O6/c1-6-32-16-9-8-14(23)21(33-7-2)19(16)27-26-18(12(3)28)22(29)25-13-10-15(24)20(31-5)17(11-13)30-4/h8-11,18H,6-7H2,1-5H3,(H,25,29). The average molecular weight is 498 g/mol. The minimum atomic E-state index is -1.44. The second kappa shape index (κ2) is 12.3. The number of azo groups is 1. The van der Waals surface area contributed by atoms with Crippen LogP contribution in [-0.4, -0.2) is 45.2 Å². The Hall–Kier alpha value is -3.04. The van der Waals surface area contributed by atoms with Gasteiger partial charge in [-0.15, -0.1) is 5.11 Å². The third-order valence-corrected chi connectivity index (χ3v) is 4.82. The number of rotatable bonds is 11. The van der Waals surface area contributed by atoms with Crippen LogP contribution in [0.4, 0.5) is 11.4 Å². The fourth-order valence-electron chi connectivity index (χ4n) is 2.81. The molecule has 0 aliphatic heterocycles. The number of carbonyl (C=O) groups excluding carboxylic acids is 2. The Morgan fingerprint density at radius 2 is 1.67 bits per heavy atom. The zero-order chi connectivity index (χ0) is 24.5. The lowest BCUT2D eigenvalue weighted by atomic mass is 10.2. The van der Waals surface area contributed by atoms with Crippen LogP contribution in [-0.2, 0) is 9.59 Å². The van der Waals surface area contributed by atoms with E-state index in [4.69, 9.17) is 42.1 Å². The minimum Gasteiger partial charge on any atom is -0.493 e. The molecule has 9 nitrogen and oxygen atoms in total. The number of Topliss-reactive ketones (excluding diaryl/α,β-unsaturated/α-hetero) is 1. The third kappa shape index (κ3) is 6.49. The van der Waals surface area contributed by atoms with E-state index in [-0.39, 0.29) is 27.2 Å². The van der Waals surface area contributed by atoms with Gasteiger partial charge < -0.3 is 24.3 Å². The predicted octanol–water partition coefficient (Wildman–Crippen LogP) is 5.49. The Bertz CT molecular complexity index is 1050. The highest BCUT2D eigenvalue weighted by Crippen LogP contribution is 2.43. The van der Waals surface area contributed by atoms with E-state index in [0.29, 0.717) is 30.5 Å². The van der Waals surface area contributed by atoms with Crippen LogP contribution >= 0.6 is 23.2 Å². The summed E-state index contributed by atoms with van der Waals surface area (Å²) in [5.74, 6) is -0.0317. The molecule has 1 unspecified atom stereocenters. The molecule has 2 aromatic carbocycles. The summed E-state index contributed by atoms with van der Waals surface area (Å²) in [5.41, 5.74) is 0.469. The van der Waals surface area contributed by atoms with Crippen LogP contribution < -0.4 is 24.3 Å². The summed E-state index contributed by atoms with van der Waals surface area (Å²) >= 11 is 12.4. The zero-order valence-corrected chi connectivity index (χ0v) is 20.4. The van der Waals surface area contributed by atoms with Gasteiger partial charge in [0.15, 0.2) is 34.5 Å². The fourth-order valence-corrected chi connectivity index (χ4v) is 3.31. The molecule has 2 aromatic rings. The summed E-state index contributed by atoms with van der Waals surface area (Å²) < 4.78 is 21.5. The molecule has 0 saturated heterocycles. The van der Waals surface area contributed by atoms with E-state index in [0.717, 1.165) is 0 Å². The second-order valence-corrected chi connectivity index (χ2v) is 7.32. The molecule has 0 aliphatic rings. The van der Waals surface area contributed by atoms with Crippen molar-refractivity contribution in [2.24, 2.45) is 10.2 Å². The maximum Gasteiger partial charge on any atom is 0.258 e. The van der Waals surface area contributed by atoms with Crippen molar-refractivity contribution < 1.29 is 28.5 Å². The molecule has 1 amide bonds. The molecule has 178 valence electrons. The van der Waals surface area contributed by atoms with Gasteiger partial charge in [0, 0.05) is 11.8 Å². The summed E-state index contributed by atoms with van der Waals surface area (Å²) in [7, 11) is 2.88. The SMILES string of the molecule is CCOc1ccc(Cl)c(OCC)c1N=NC(C(C)=O)C(=O)Nc1cc(Cl)c(OC)c(OC)c1. The highest BCUT2D eigenvalue weighted by molar-refractivity contribution is 6.33. The summed E-state index contributed by atoms with van der Waals surface area (Å²) in [6.45, 7) is 5.48. The molecular weight excluding hydrogens is 473 g/mol. The Morgan fingerprint density at radius 1 is 0.970 bits per heavy atom. The van der Waals surface area contributed by atoms with Crippen molar-refractivity contribution in [1.82, 2.24) is 0 Å². The first-order valence-corrected chi connectivity index (χ1v) is 10.7. The van der Waals surface area contributed by atoms with Gasteiger partial charge in [-0.25, -0.2) is 0 Å². The van der Waals surface area contributed by atoms with Gasteiger partial charge in [-0.2, -0.15) is 5.11 Å². The molecule has 0 aliphatic carbocycles. The van der Waals surface area contributed by atoms with Crippen LogP contribution in [0.5, 0.6) is 23.0 Å². The molecule has 0 saturated carbocycles. The Morgan fingerprint density at radius 3 is 2.24 bits per heavy atom. The molecule has 0 fully saturated rings. The summed E-state index contributed by atoms with van der Waals surface area (Å²) in [6.07, 6.45) is 0. The number of amides is 1. The third-order valence-electron chi connectivity index (χ3n) is 4.24. The number of hydrogen-bond donors (Lipinski definition) is 1. The molecule has 2 rings (SSSR count). The van der Waals surface area contributed by atoms with Crippen LogP contribution in [0.15, 0.2) is 34.5 Å². The van der Waals surface area contributed by atoms with Gasteiger partial charge in [-0.3, -0.25) is 9.59 Å². The normalized spacial score (nSPS) is 11.7. The van der Waals surface area contributed by atoms with Crippen molar-refractivity contribution >= 4 is 46.3 Å². The predicted molar refractivity (Wildman–Crippen MR) is 126 cm³/mol. The highest BCUT2D eigenvalue weighted by Gasteiger charge is 2.25. The van der Waals surface area contributed by atoms with Crippen LogP contribution in [0.3, 0.4) is 0 Å². The number of benzene rings is 2. The largest absolute Gasteiger partial charge is 0.493 e. The maximum absolute atomic E-state index is 12.8. The smallest absolute Gasteiger partial charge is 0.258 e. The van der Waals surface area contributed by atoms with Gasteiger partial charge in [-0.05, 0) is 39.0 Å². The highest BCUT2D eigenvalue weighted by atomic mass is 35.5. The van der Waals surface area contributed by atoms with Crippen molar-refractivity contribution in [2.45, 2.75) is 26.8 Å². The van der Waals surface area contributed by atoms with E-state index in [1.807, 2.05) is 0 Å². The van der Waals surface area contributed by atoms with E-state index in [1.54, 1.807) is 26.0 Å². The van der Waals surface area contributed by atoms with Gasteiger partial charge in [0.1, 0.15) is 0 Å². The van der Waals surface area contributed by atoms with E-state index in [9.17, 15) is 9.59 Å². The quantitative estimate of drug-likeness (QED) is 0.324. The van der Waals surface area contributed by atoms with Gasteiger partial charge in [-0.1, -0.05) is 23.2 Å². The monoisotopic (exact) mass is 497 g/mol. The Balaban J connectivity index is 2.39. The molecule has 33 heavy (non-hydrogen) atoms. The maximum atomic E-state index is 12.8. The lowest BCUT2D eigenvalue weighted by Gasteiger charge is -2.15. The van der Waals surface area contributed by atoms with Gasteiger partial charge in [0.25, 0.3) is 5.91 Å². The molecule has 11 heteroatoms. The molecule has 0 bridgehead atoms. The molecular formula is C22H25Cl2N3O6. The average Bonchev–Trinajstić information content (AvgIpc) is 2.77. The van der Waals surface area contributed by atoms with Crippen molar-refractivity contribution in [3.05, 3.63) is 34.3 Å². The topological polar surface area (TPSA) is 108 Å². The summed E-state index contributed by atoms with van der Waals surface area (Å²) in [5, 5.41) is 11.2. The van der Waals surface area contributed by atoms with Gasteiger partial charge >= 0.3 is 0 Å². The summed E-state index contributed by atoms with van der Waals surface area (Å²) in [4.78, 5) is 25.0. The Kier molecular flexibility index (Phi) is 9.74. The van der Waals surface area contributed by atoms with Gasteiger partial charge in [0.05, 0.1) is 37.5 Å². The number of anilines is 1. The first kappa shape index (κ1) is 26.2. The van der Waals surface area contributed by atoms with Crippen molar-refractivity contribution in [3.8, 4) is 23.0 Å². The molecule has 0 radical (unpaired) electrons. The number of nitrogens with zero attached hydrogens (tertiary/aromatic N) is 2. The van der Waals surface area contributed by atoms with Gasteiger partial charge in [0.2, 0.25) is 6.04 Å². The fraction of sp³-hybridized carbons (Fsp3) is 0.364. The van der Waals surface area contributed by atoms with Crippen LogP contribution in [0.25, 0.3) is 0 Å². The zero-order valence-electron chi connectivity index (χ0n) is 18.9. The summed E-state index contributed by atoms with van der Waals surface area (Å²) in [6, 6.07) is 4.74. The number of hydrogen-bond acceptors (Lipinski definition) is 8. The lowest BCUT2D eigenvalue weighted by molar-refractivity contribution is -0.126. The second-order valence-electron chi connectivity index (χ2n) is 6.50. The lowest BCUT2D eigenvalue weighted by Crippen LogP contribution is -2.31. The number of carbonyl (C=O) groups is 2. The molecule has 1 N–H and O–H groups in total. The number of nitrogens with one attached hydrogen (secondary N) is 1. The van der Waals surface area contributed by atoms with Crippen molar-refractivity contribution in [3.63, 3.8) is 0 Å². The van der Waals surface area contributed by atoms with Crippen LogP contribution in [0, 0.1) is 0 Å². The van der Waals surface area contributed by atoms with E-state index < -0.39 is 17.7 Å². The van der Waals surface area contributed by atoms with E-state index >= 15 is 0 Å². The van der Waals surface area contributed by atoms with Crippen LogP contribution in [0.2, 0.25) is 10.0 Å². The van der Waals surface area contributed by atoms with E-state index in [2.05, 4.69) is 15.5 Å². The number of ketones is 1. The first-order valence-electron chi connectivity index (χ1n) is 9.99.